The second-order valence-electron chi connectivity index (χ2n) is 9.37. The number of hydrogen-bond acceptors (Lipinski definition) is 9. The third-order valence-electron chi connectivity index (χ3n) is 5.19. The second-order valence-corrected chi connectivity index (χ2v) is 9.37. The molecule has 1 atom stereocenters. The molecule has 3 aromatic rings. The third kappa shape index (κ3) is 7.98. The van der Waals surface area contributed by atoms with Crippen molar-refractivity contribution in [2.75, 3.05) is 13.2 Å². The fraction of sp³-hybridized carbons (Fsp3) is 0.385. The van der Waals surface area contributed by atoms with Crippen molar-refractivity contribution < 1.29 is 33.5 Å². The highest BCUT2D eigenvalue weighted by molar-refractivity contribution is 5.94. The first-order valence-corrected chi connectivity index (χ1v) is 12.2. The van der Waals surface area contributed by atoms with Crippen molar-refractivity contribution in [3.63, 3.8) is 0 Å². The molecule has 0 radical (unpaired) electrons. The third-order valence-corrected chi connectivity index (χ3v) is 5.19. The number of benzene rings is 1. The first kappa shape index (κ1) is 29.0. The van der Waals surface area contributed by atoms with Gasteiger partial charge in [0.2, 0.25) is 6.41 Å². The lowest BCUT2D eigenvalue weighted by molar-refractivity contribution is -0.206. The molecular formula is C26H31N5O8. The SMILES string of the molecule is CCOC(=O)Cn1nc2ccc(C(=O)NCC(C(=O)OC(C)(C)C)N(C=O)OCc3ccccc3)cn2c1=O. The number of ether oxygens (including phenoxy) is 2. The van der Waals surface area contributed by atoms with Crippen molar-refractivity contribution in [3.05, 3.63) is 70.3 Å². The molecule has 13 heteroatoms. The number of carbonyl (C=O) groups is 4. The molecule has 0 aliphatic heterocycles. The smallest absolute Gasteiger partial charge is 0.350 e. The van der Waals surface area contributed by atoms with E-state index in [0.717, 1.165) is 19.7 Å². The van der Waals surface area contributed by atoms with Crippen LogP contribution in [0.4, 0.5) is 0 Å². The quantitative estimate of drug-likeness (QED) is 0.202. The predicted molar refractivity (Wildman–Crippen MR) is 137 cm³/mol. The zero-order chi connectivity index (χ0) is 28.6. The van der Waals surface area contributed by atoms with E-state index in [-0.39, 0.29) is 37.5 Å². The number of carbonyl (C=O) groups excluding carboxylic acids is 4. The molecule has 1 aromatic carbocycles. The van der Waals surface area contributed by atoms with Gasteiger partial charge in [-0.1, -0.05) is 30.3 Å². The van der Waals surface area contributed by atoms with Crippen LogP contribution in [0, 0.1) is 0 Å². The maximum atomic E-state index is 12.9. The highest BCUT2D eigenvalue weighted by Gasteiger charge is 2.32. The Kier molecular flexibility index (Phi) is 9.55. The Labute approximate surface area is 224 Å². The van der Waals surface area contributed by atoms with Gasteiger partial charge >= 0.3 is 17.6 Å². The van der Waals surface area contributed by atoms with E-state index in [2.05, 4.69) is 10.4 Å². The molecule has 2 amide bonds. The van der Waals surface area contributed by atoms with Gasteiger partial charge in [-0.2, -0.15) is 0 Å². The number of fused-ring (bicyclic) bond motifs is 1. The Morgan fingerprint density at radius 2 is 1.85 bits per heavy atom. The van der Waals surface area contributed by atoms with E-state index >= 15 is 0 Å². The standard InChI is InChI=1S/C26H31N5O8/c1-5-37-22(33)15-30-25(36)29-14-19(11-12-21(29)28-30)23(34)27-13-20(24(35)39-26(2,3)4)31(17-32)38-16-18-9-7-6-8-10-18/h6-12,14,17,20H,5,13,15-16H2,1-4H3,(H,27,34). The van der Waals surface area contributed by atoms with Crippen LogP contribution in [0.2, 0.25) is 0 Å². The number of nitrogens with zero attached hydrogens (tertiary/aromatic N) is 4. The second kappa shape index (κ2) is 12.8. The number of pyridine rings is 1. The summed E-state index contributed by atoms with van der Waals surface area (Å²) >= 11 is 0. The molecule has 208 valence electrons. The Bertz CT molecular complexity index is 1380. The Hall–Kier alpha value is -4.52. The van der Waals surface area contributed by atoms with Crippen LogP contribution in [0.3, 0.4) is 0 Å². The van der Waals surface area contributed by atoms with Gasteiger partial charge in [-0.25, -0.2) is 23.7 Å². The van der Waals surface area contributed by atoms with Crippen LogP contribution in [0.5, 0.6) is 0 Å². The molecule has 0 fully saturated rings. The van der Waals surface area contributed by atoms with Crippen LogP contribution in [0.25, 0.3) is 5.65 Å². The number of aromatic nitrogens is 3. The maximum Gasteiger partial charge on any atom is 0.350 e. The van der Waals surface area contributed by atoms with Gasteiger partial charge in [0.05, 0.1) is 18.7 Å². The average Bonchev–Trinajstić information content (AvgIpc) is 3.19. The first-order valence-electron chi connectivity index (χ1n) is 12.2. The molecule has 13 nitrogen and oxygen atoms in total. The van der Waals surface area contributed by atoms with Gasteiger partial charge in [0.15, 0.2) is 11.7 Å². The van der Waals surface area contributed by atoms with Crippen LogP contribution in [0.1, 0.15) is 43.6 Å². The summed E-state index contributed by atoms with van der Waals surface area (Å²) in [6, 6.07) is 10.6. The summed E-state index contributed by atoms with van der Waals surface area (Å²) in [5.74, 6) is -2.04. The molecule has 0 saturated carbocycles. The molecule has 1 N–H and O–H groups in total. The van der Waals surface area contributed by atoms with Crippen molar-refractivity contribution in [2.45, 2.75) is 52.5 Å². The van der Waals surface area contributed by atoms with Gasteiger partial charge in [-0.3, -0.25) is 19.2 Å². The molecule has 3 rings (SSSR count). The number of amides is 2. The summed E-state index contributed by atoms with van der Waals surface area (Å²) in [6.07, 6.45) is 1.60. The molecule has 39 heavy (non-hydrogen) atoms. The van der Waals surface area contributed by atoms with Gasteiger partial charge in [0.25, 0.3) is 5.91 Å². The van der Waals surface area contributed by atoms with E-state index in [0.29, 0.717) is 6.41 Å². The highest BCUT2D eigenvalue weighted by Crippen LogP contribution is 2.13. The monoisotopic (exact) mass is 541 g/mol. The van der Waals surface area contributed by atoms with Crippen molar-refractivity contribution in [3.8, 4) is 0 Å². The molecule has 0 aliphatic rings. The summed E-state index contributed by atoms with van der Waals surface area (Å²) in [7, 11) is 0. The van der Waals surface area contributed by atoms with Gasteiger partial charge in [0, 0.05) is 6.20 Å². The fourth-order valence-corrected chi connectivity index (χ4v) is 3.44. The van der Waals surface area contributed by atoms with Crippen LogP contribution >= 0.6 is 0 Å². The number of hydrogen-bond donors (Lipinski definition) is 1. The molecule has 0 spiro atoms. The van der Waals surface area contributed by atoms with E-state index < -0.39 is 35.2 Å². The van der Waals surface area contributed by atoms with Crippen molar-refractivity contribution in [2.24, 2.45) is 0 Å². The fourth-order valence-electron chi connectivity index (χ4n) is 3.44. The Morgan fingerprint density at radius 3 is 2.49 bits per heavy atom. The Balaban J connectivity index is 1.76. The summed E-state index contributed by atoms with van der Waals surface area (Å²) in [5, 5.41) is 7.44. The topological polar surface area (TPSA) is 151 Å². The van der Waals surface area contributed by atoms with Gasteiger partial charge in [0.1, 0.15) is 18.8 Å². The molecule has 2 aromatic heterocycles. The lowest BCUT2D eigenvalue weighted by atomic mass is 10.2. The average molecular weight is 542 g/mol. The molecule has 2 heterocycles. The van der Waals surface area contributed by atoms with E-state index in [1.54, 1.807) is 52.0 Å². The highest BCUT2D eigenvalue weighted by atomic mass is 16.7. The zero-order valence-electron chi connectivity index (χ0n) is 22.2. The lowest BCUT2D eigenvalue weighted by Gasteiger charge is -2.29. The van der Waals surface area contributed by atoms with Crippen LogP contribution in [0.15, 0.2) is 53.5 Å². The van der Waals surface area contributed by atoms with Crippen LogP contribution < -0.4 is 11.0 Å². The number of nitrogens with one attached hydrogen (secondary N) is 1. The normalized spacial score (nSPS) is 12.0. The van der Waals surface area contributed by atoms with E-state index in [4.69, 9.17) is 14.3 Å². The van der Waals surface area contributed by atoms with Gasteiger partial charge < -0.3 is 14.8 Å². The maximum absolute atomic E-state index is 12.9. The van der Waals surface area contributed by atoms with Crippen LogP contribution in [-0.4, -0.2) is 68.3 Å². The summed E-state index contributed by atoms with van der Waals surface area (Å²) < 4.78 is 12.3. The minimum Gasteiger partial charge on any atom is -0.465 e. The number of hydroxylamine groups is 2. The summed E-state index contributed by atoms with van der Waals surface area (Å²) in [5.41, 5.74) is -0.442. The van der Waals surface area contributed by atoms with Gasteiger partial charge in [-0.05, 0) is 45.4 Å². The van der Waals surface area contributed by atoms with Crippen molar-refractivity contribution in [1.82, 2.24) is 24.6 Å². The molecule has 0 saturated heterocycles. The lowest BCUT2D eigenvalue weighted by Crippen LogP contribution is -2.50. The minimum atomic E-state index is -1.30. The van der Waals surface area contributed by atoms with E-state index in [1.165, 1.54) is 18.3 Å². The summed E-state index contributed by atoms with van der Waals surface area (Å²) in [4.78, 5) is 67.7. The predicted octanol–water partition coefficient (Wildman–Crippen LogP) is 1.09. The Morgan fingerprint density at radius 1 is 1.13 bits per heavy atom. The molecule has 0 aliphatic carbocycles. The van der Waals surface area contributed by atoms with E-state index in [9.17, 15) is 24.0 Å². The molecular weight excluding hydrogens is 510 g/mol. The van der Waals surface area contributed by atoms with Crippen molar-refractivity contribution in [1.29, 1.82) is 0 Å². The van der Waals surface area contributed by atoms with E-state index in [1.807, 2.05) is 6.07 Å². The van der Waals surface area contributed by atoms with Crippen molar-refractivity contribution >= 4 is 29.9 Å². The largest absolute Gasteiger partial charge is 0.465 e. The van der Waals surface area contributed by atoms with Crippen LogP contribution in [-0.2, 0) is 41.8 Å². The molecule has 0 bridgehead atoms. The number of rotatable bonds is 12. The zero-order valence-corrected chi connectivity index (χ0v) is 22.2. The minimum absolute atomic E-state index is 0.00218. The number of esters is 2. The van der Waals surface area contributed by atoms with Gasteiger partial charge in [-0.15, -0.1) is 5.10 Å². The summed E-state index contributed by atoms with van der Waals surface area (Å²) in [6.45, 7) is 6.11. The molecule has 1 unspecified atom stereocenters. The first-order chi connectivity index (χ1) is 18.5.